The molecule has 1 aromatic heterocycles. The van der Waals surface area contributed by atoms with E-state index in [1.54, 1.807) is 7.05 Å². The smallest absolute Gasteiger partial charge is 0.315 e. The molecule has 0 bridgehead atoms. The minimum Gasteiger partial charge on any atom is -0.335 e. The van der Waals surface area contributed by atoms with E-state index in [0.717, 1.165) is 17.7 Å². The number of alkyl halides is 3. The number of hydrogen-bond donors (Lipinski definition) is 1. The molecule has 8 nitrogen and oxygen atoms in total. The molecule has 1 aromatic rings. The van der Waals surface area contributed by atoms with Gasteiger partial charge in [0.05, 0.1) is 20.0 Å². The molecule has 2 aliphatic heterocycles. The fourth-order valence-corrected chi connectivity index (χ4v) is 4.44. The van der Waals surface area contributed by atoms with Gasteiger partial charge in [-0.2, -0.15) is 4.98 Å². The molecule has 166 valence electrons. The summed E-state index contributed by atoms with van der Waals surface area (Å²) in [6.45, 7) is -0.880. The second-order valence-corrected chi connectivity index (χ2v) is 9.05. The van der Waals surface area contributed by atoms with Crippen LogP contribution in [0.25, 0.3) is 0 Å². The van der Waals surface area contributed by atoms with E-state index in [2.05, 4.69) is 10.1 Å². The van der Waals surface area contributed by atoms with Crippen molar-refractivity contribution in [3.8, 4) is 0 Å². The van der Waals surface area contributed by atoms with Crippen molar-refractivity contribution < 1.29 is 31.8 Å². The average molecular weight is 430 g/mol. The standard InChI is InChI=1S/C19H27F3N5O3/c1-27(9-12(20)6-14(27)18-24-17(25-30-18)11-2-3-11)16(29)7-13(23)8-26-10-19(21,22)5-4-15(26)28/h11-14H,2-10,23H2,1H3/q+1/t12-,13-,14-,27?/m0/s1. The van der Waals surface area contributed by atoms with Gasteiger partial charge < -0.3 is 15.2 Å². The summed E-state index contributed by atoms with van der Waals surface area (Å²) < 4.78 is 46.6. The van der Waals surface area contributed by atoms with Crippen molar-refractivity contribution in [3.63, 3.8) is 0 Å². The van der Waals surface area contributed by atoms with Gasteiger partial charge in [0.1, 0.15) is 6.54 Å². The Bertz CT molecular complexity index is 830. The maximum absolute atomic E-state index is 14.3. The number of piperidine rings is 1. The van der Waals surface area contributed by atoms with E-state index < -0.39 is 43.1 Å². The third-order valence-electron chi connectivity index (χ3n) is 6.37. The number of carbonyl (C=O) groups excluding carboxylic acids is 2. The van der Waals surface area contributed by atoms with Gasteiger partial charge >= 0.3 is 5.91 Å². The van der Waals surface area contributed by atoms with E-state index in [9.17, 15) is 22.8 Å². The molecule has 2 amide bonds. The molecule has 3 heterocycles. The summed E-state index contributed by atoms with van der Waals surface area (Å²) in [5, 5.41) is 3.96. The van der Waals surface area contributed by atoms with E-state index in [1.807, 2.05) is 0 Å². The minimum atomic E-state index is -2.95. The first-order valence-corrected chi connectivity index (χ1v) is 10.3. The summed E-state index contributed by atoms with van der Waals surface area (Å²) in [4.78, 5) is 30.4. The first-order valence-electron chi connectivity index (χ1n) is 10.3. The molecule has 1 unspecified atom stereocenters. The first-order chi connectivity index (χ1) is 14.1. The summed E-state index contributed by atoms with van der Waals surface area (Å²) in [6.07, 6.45) is -0.0309. The lowest BCUT2D eigenvalue weighted by Gasteiger charge is -2.35. The zero-order valence-electron chi connectivity index (χ0n) is 16.9. The maximum Gasteiger partial charge on any atom is 0.315 e. The van der Waals surface area contributed by atoms with E-state index >= 15 is 0 Å². The van der Waals surface area contributed by atoms with Crippen molar-refractivity contribution in [1.82, 2.24) is 15.0 Å². The van der Waals surface area contributed by atoms with Crippen LogP contribution in [0.2, 0.25) is 0 Å². The summed E-state index contributed by atoms with van der Waals surface area (Å²) in [7, 11) is 1.61. The lowest BCUT2D eigenvalue weighted by atomic mass is 10.0. The second kappa shape index (κ2) is 7.60. The van der Waals surface area contributed by atoms with Crippen LogP contribution in [0.1, 0.15) is 62.2 Å². The summed E-state index contributed by atoms with van der Waals surface area (Å²) >= 11 is 0. The van der Waals surface area contributed by atoms with Crippen LogP contribution in [0, 0.1) is 0 Å². The van der Waals surface area contributed by atoms with Gasteiger partial charge in [0.15, 0.2) is 18.0 Å². The number of halogens is 3. The SMILES string of the molecule is C[N+]1(C(=O)C[C@H](N)CN2CC(F)(F)CCC2=O)C[C@@H](F)C[C@H]1c1nc(C2CC2)no1. The molecule has 1 saturated carbocycles. The van der Waals surface area contributed by atoms with Crippen LogP contribution in [0.4, 0.5) is 13.2 Å². The lowest BCUT2D eigenvalue weighted by molar-refractivity contribution is -0.855. The molecular formula is C19H27F3N5O3+. The fraction of sp³-hybridized carbons (Fsp3) is 0.789. The third-order valence-corrected chi connectivity index (χ3v) is 6.37. The molecule has 11 heteroatoms. The van der Waals surface area contributed by atoms with Gasteiger partial charge in [0.25, 0.3) is 11.8 Å². The average Bonchev–Trinajstić information content (AvgIpc) is 3.30. The van der Waals surface area contributed by atoms with Crippen molar-refractivity contribution >= 4 is 11.8 Å². The van der Waals surface area contributed by atoms with Gasteiger partial charge in [0.2, 0.25) is 5.91 Å². The predicted octanol–water partition coefficient (Wildman–Crippen LogP) is 1.68. The third kappa shape index (κ3) is 4.22. The van der Waals surface area contributed by atoms with Gasteiger partial charge in [-0.05, 0) is 12.8 Å². The van der Waals surface area contributed by atoms with Gasteiger partial charge in [-0.15, -0.1) is 0 Å². The first kappa shape index (κ1) is 21.2. The predicted molar refractivity (Wildman–Crippen MR) is 97.9 cm³/mol. The highest BCUT2D eigenvalue weighted by molar-refractivity contribution is 5.77. The molecule has 4 atom stereocenters. The Hall–Kier alpha value is -2.01. The Kier molecular flexibility index (Phi) is 5.38. The second-order valence-electron chi connectivity index (χ2n) is 9.05. The zero-order chi connectivity index (χ0) is 21.7. The minimum absolute atomic E-state index is 0.0436. The largest absolute Gasteiger partial charge is 0.335 e. The molecule has 1 aliphatic carbocycles. The van der Waals surface area contributed by atoms with E-state index in [4.69, 9.17) is 10.3 Å². The molecular weight excluding hydrogens is 403 g/mol. The molecule has 2 saturated heterocycles. The lowest BCUT2D eigenvalue weighted by Crippen LogP contribution is -2.54. The Labute approximate surface area is 172 Å². The molecule has 3 aliphatic rings. The van der Waals surface area contributed by atoms with Gasteiger partial charge in [-0.1, -0.05) is 5.16 Å². The number of nitrogens with zero attached hydrogens (tertiary/aromatic N) is 4. The highest BCUT2D eigenvalue weighted by atomic mass is 19.3. The number of amides is 2. The molecule has 2 N–H and O–H groups in total. The van der Waals surface area contributed by atoms with E-state index in [0.29, 0.717) is 5.82 Å². The highest BCUT2D eigenvalue weighted by Gasteiger charge is 2.53. The number of likely N-dealkylation sites (tertiary alicyclic amines) is 2. The van der Waals surface area contributed by atoms with Crippen LogP contribution in [-0.2, 0) is 9.59 Å². The van der Waals surface area contributed by atoms with Crippen molar-refractivity contribution in [2.24, 2.45) is 5.73 Å². The van der Waals surface area contributed by atoms with Crippen molar-refractivity contribution in [2.45, 2.75) is 68.6 Å². The summed E-state index contributed by atoms with van der Waals surface area (Å²) in [6, 6.07) is -1.44. The van der Waals surface area contributed by atoms with Crippen molar-refractivity contribution in [3.05, 3.63) is 11.7 Å². The number of nitrogens with two attached hydrogens (primary N) is 1. The molecule has 30 heavy (non-hydrogen) atoms. The highest BCUT2D eigenvalue weighted by Crippen LogP contribution is 2.42. The van der Waals surface area contributed by atoms with Crippen LogP contribution < -0.4 is 5.73 Å². The quantitative estimate of drug-likeness (QED) is 0.689. The molecule has 0 aromatic carbocycles. The number of quaternary nitrogens is 1. The van der Waals surface area contributed by atoms with E-state index in [-0.39, 0.29) is 54.6 Å². The normalized spacial score (nSPS) is 32.4. The van der Waals surface area contributed by atoms with Crippen LogP contribution in [-0.4, -0.2) is 76.2 Å². The summed E-state index contributed by atoms with van der Waals surface area (Å²) in [5.74, 6) is -2.58. The van der Waals surface area contributed by atoms with Crippen molar-refractivity contribution in [2.75, 3.05) is 26.7 Å². The molecule has 3 fully saturated rings. The molecule has 4 rings (SSSR count). The zero-order valence-corrected chi connectivity index (χ0v) is 16.9. The molecule has 0 radical (unpaired) electrons. The fourth-order valence-electron chi connectivity index (χ4n) is 4.44. The Morgan fingerprint density at radius 1 is 1.43 bits per heavy atom. The maximum atomic E-state index is 14.3. The van der Waals surface area contributed by atoms with E-state index in [1.165, 1.54) is 0 Å². The summed E-state index contributed by atoms with van der Waals surface area (Å²) in [5.41, 5.74) is 6.04. The monoisotopic (exact) mass is 430 g/mol. The Balaban J connectivity index is 1.43. The van der Waals surface area contributed by atoms with Gasteiger partial charge in [-0.3, -0.25) is 9.28 Å². The van der Waals surface area contributed by atoms with Gasteiger partial charge in [-0.25, -0.2) is 18.0 Å². The van der Waals surface area contributed by atoms with Crippen LogP contribution in [0.5, 0.6) is 0 Å². The Morgan fingerprint density at radius 2 is 2.17 bits per heavy atom. The number of aromatic nitrogens is 2. The topological polar surface area (TPSA) is 102 Å². The van der Waals surface area contributed by atoms with Crippen LogP contribution in [0.3, 0.4) is 0 Å². The Morgan fingerprint density at radius 3 is 2.87 bits per heavy atom. The van der Waals surface area contributed by atoms with Crippen LogP contribution >= 0.6 is 0 Å². The molecule has 0 spiro atoms. The number of rotatable bonds is 6. The van der Waals surface area contributed by atoms with Gasteiger partial charge in [0, 0.05) is 37.8 Å². The van der Waals surface area contributed by atoms with Crippen LogP contribution in [0.15, 0.2) is 4.52 Å². The number of carbonyl (C=O) groups is 2. The number of hydrogen-bond acceptors (Lipinski definition) is 6. The van der Waals surface area contributed by atoms with Crippen molar-refractivity contribution in [1.29, 1.82) is 0 Å².